The number of hydrogen-bond donors (Lipinski definition) is 2. The SMILES string of the molecule is CCCN(CCCCCCNCCc1ccc(O)c(OC)c1)[C@H]1CCc2c(ccc(OCc3ccccc3)c2OCc2ccccc2)C1.Cl.Cl. The number of nitrogens with one attached hydrogen (secondary N) is 1. The number of unbranched alkanes of at least 4 members (excludes halogenated alkanes) is 3. The van der Waals surface area contributed by atoms with Gasteiger partial charge in [-0.3, -0.25) is 0 Å². The number of halogens is 2. The maximum atomic E-state index is 9.79. The summed E-state index contributed by atoms with van der Waals surface area (Å²) >= 11 is 0. The average Bonchev–Trinajstić information content (AvgIpc) is 3.13. The first-order valence-corrected chi connectivity index (χ1v) is 17.9. The van der Waals surface area contributed by atoms with Gasteiger partial charge in [-0.15, -0.1) is 24.8 Å². The van der Waals surface area contributed by atoms with Crippen LogP contribution in [0.3, 0.4) is 0 Å². The molecular formula is C42H56Cl2N2O4. The van der Waals surface area contributed by atoms with Crippen LogP contribution in [-0.2, 0) is 32.5 Å². The van der Waals surface area contributed by atoms with Gasteiger partial charge in [-0.2, -0.15) is 0 Å². The van der Waals surface area contributed by atoms with Gasteiger partial charge in [-0.1, -0.05) is 92.6 Å². The lowest BCUT2D eigenvalue weighted by atomic mass is 9.86. The third-order valence-corrected chi connectivity index (χ3v) is 9.38. The quantitative estimate of drug-likeness (QED) is 0.0887. The molecule has 1 atom stereocenters. The number of fused-ring (bicyclic) bond motifs is 1. The molecule has 8 heteroatoms. The van der Waals surface area contributed by atoms with E-state index in [4.69, 9.17) is 14.2 Å². The van der Waals surface area contributed by atoms with E-state index in [1.54, 1.807) is 13.2 Å². The zero-order chi connectivity index (χ0) is 33.4. The van der Waals surface area contributed by atoms with E-state index in [2.05, 4.69) is 77.8 Å². The van der Waals surface area contributed by atoms with Crippen LogP contribution in [0.15, 0.2) is 91.0 Å². The Balaban J connectivity index is 0.00000338. The second kappa shape index (κ2) is 22.4. The van der Waals surface area contributed by atoms with Gasteiger partial charge in [0.1, 0.15) is 13.2 Å². The van der Waals surface area contributed by atoms with E-state index >= 15 is 0 Å². The normalized spacial score (nSPS) is 13.5. The second-order valence-electron chi connectivity index (χ2n) is 12.9. The lowest BCUT2D eigenvalue weighted by Crippen LogP contribution is -2.40. The molecule has 0 bridgehead atoms. The van der Waals surface area contributed by atoms with Crippen molar-refractivity contribution in [2.75, 3.05) is 33.3 Å². The van der Waals surface area contributed by atoms with Crippen LogP contribution in [-0.4, -0.2) is 49.3 Å². The van der Waals surface area contributed by atoms with E-state index in [1.807, 2.05) is 24.3 Å². The summed E-state index contributed by atoms with van der Waals surface area (Å²) in [5.41, 5.74) is 6.22. The molecule has 0 saturated heterocycles. The summed E-state index contributed by atoms with van der Waals surface area (Å²) in [6, 6.07) is 31.3. The number of benzene rings is 4. The summed E-state index contributed by atoms with van der Waals surface area (Å²) in [6.07, 6.45) is 10.3. The molecule has 0 heterocycles. The van der Waals surface area contributed by atoms with Crippen LogP contribution >= 0.6 is 24.8 Å². The summed E-state index contributed by atoms with van der Waals surface area (Å²) in [4.78, 5) is 2.75. The first-order chi connectivity index (χ1) is 23.6. The molecule has 0 amide bonds. The van der Waals surface area contributed by atoms with Crippen LogP contribution in [0.4, 0.5) is 0 Å². The van der Waals surface area contributed by atoms with Gasteiger partial charge in [0.25, 0.3) is 0 Å². The highest BCUT2D eigenvalue weighted by molar-refractivity contribution is 5.85. The molecular weight excluding hydrogens is 667 g/mol. The lowest BCUT2D eigenvalue weighted by molar-refractivity contribution is 0.174. The zero-order valence-corrected chi connectivity index (χ0v) is 31.4. The fourth-order valence-electron chi connectivity index (χ4n) is 6.75. The smallest absolute Gasteiger partial charge is 0.165 e. The van der Waals surface area contributed by atoms with Gasteiger partial charge in [-0.25, -0.2) is 0 Å². The van der Waals surface area contributed by atoms with Crippen LogP contribution in [0, 0.1) is 0 Å². The molecule has 4 aromatic carbocycles. The summed E-state index contributed by atoms with van der Waals surface area (Å²) < 4.78 is 18.2. The molecule has 2 N–H and O–H groups in total. The number of aromatic hydroxyl groups is 1. The molecule has 0 radical (unpaired) electrons. The highest BCUT2D eigenvalue weighted by Crippen LogP contribution is 2.39. The van der Waals surface area contributed by atoms with E-state index < -0.39 is 0 Å². The molecule has 0 saturated carbocycles. The minimum absolute atomic E-state index is 0. The Labute approximate surface area is 312 Å². The van der Waals surface area contributed by atoms with Crippen LogP contribution in [0.5, 0.6) is 23.0 Å². The number of phenolic OH excluding ortho intramolecular Hbond substituents is 1. The predicted molar refractivity (Wildman–Crippen MR) is 210 cm³/mol. The van der Waals surface area contributed by atoms with Gasteiger partial charge >= 0.3 is 0 Å². The van der Waals surface area contributed by atoms with Gasteiger partial charge in [0.15, 0.2) is 23.0 Å². The van der Waals surface area contributed by atoms with Crippen molar-refractivity contribution in [3.8, 4) is 23.0 Å². The molecule has 50 heavy (non-hydrogen) atoms. The highest BCUT2D eigenvalue weighted by Gasteiger charge is 2.27. The van der Waals surface area contributed by atoms with Gasteiger partial charge in [0.2, 0.25) is 0 Å². The lowest BCUT2D eigenvalue weighted by Gasteiger charge is -2.36. The summed E-state index contributed by atoms with van der Waals surface area (Å²) in [7, 11) is 1.59. The molecule has 272 valence electrons. The Morgan fingerprint density at radius 3 is 2.14 bits per heavy atom. The first kappa shape index (κ1) is 41.0. The number of ether oxygens (including phenoxy) is 3. The monoisotopic (exact) mass is 722 g/mol. The van der Waals surface area contributed by atoms with Gasteiger partial charge in [-0.05, 0) is 112 Å². The summed E-state index contributed by atoms with van der Waals surface area (Å²) in [5, 5.41) is 13.4. The van der Waals surface area contributed by atoms with Crippen LogP contribution in [0.2, 0.25) is 0 Å². The first-order valence-electron chi connectivity index (χ1n) is 17.9. The van der Waals surface area contributed by atoms with Gasteiger partial charge in [0, 0.05) is 11.6 Å². The largest absolute Gasteiger partial charge is 0.504 e. The Morgan fingerprint density at radius 2 is 1.44 bits per heavy atom. The molecule has 0 aromatic heterocycles. The Hall–Kier alpha value is -3.42. The molecule has 1 aliphatic rings. The Bertz CT molecular complexity index is 1520. The van der Waals surface area contributed by atoms with E-state index in [1.165, 1.54) is 55.3 Å². The van der Waals surface area contributed by atoms with Crippen molar-refractivity contribution >= 4 is 24.8 Å². The topological polar surface area (TPSA) is 63.2 Å². The van der Waals surface area contributed by atoms with Crippen LogP contribution < -0.4 is 19.5 Å². The molecule has 0 aliphatic heterocycles. The van der Waals surface area contributed by atoms with Crippen molar-refractivity contribution in [3.63, 3.8) is 0 Å². The van der Waals surface area contributed by atoms with Gasteiger partial charge < -0.3 is 29.5 Å². The molecule has 6 nitrogen and oxygen atoms in total. The number of rotatable bonds is 20. The van der Waals surface area contributed by atoms with Gasteiger partial charge in [0.05, 0.1) is 7.11 Å². The standard InChI is InChI=1S/C42H54N2O4.2ClH/c1-3-27-44(28-13-5-4-12-25-43-26-24-33-18-22-39(45)41(29-33)46-2)37-20-21-38-36(30-37)19-23-40(47-31-34-14-8-6-9-15-34)42(38)48-32-35-16-10-7-11-17-35;;/h6-11,14-19,22-23,29,37,43,45H,3-5,12-13,20-21,24-28,30-32H2,1-2H3;2*1H/t37-;;/m0../s1. The van der Waals surface area contributed by atoms with Crippen LogP contribution in [0.1, 0.15) is 73.3 Å². The number of hydrogen-bond acceptors (Lipinski definition) is 6. The molecule has 1 aliphatic carbocycles. The second-order valence-corrected chi connectivity index (χ2v) is 12.9. The summed E-state index contributed by atoms with van der Waals surface area (Å²) in [6.45, 7) is 7.65. The van der Waals surface area contributed by atoms with E-state index in [0.29, 0.717) is 25.0 Å². The Morgan fingerprint density at radius 1 is 0.740 bits per heavy atom. The third-order valence-electron chi connectivity index (χ3n) is 9.38. The maximum Gasteiger partial charge on any atom is 0.165 e. The Kier molecular flexibility index (Phi) is 18.4. The van der Waals surface area contributed by atoms with Crippen molar-refractivity contribution in [1.82, 2.24) is 10.2 Å². The molecule has 0 unspecified atom stereocenters. The van der Waals surface area contributed by atoms with Crippen LogP contribution in [0.25, 0.3) is 0 Å². The fraction of sp³-hybridized carbons (Fsp3) is 0.429. The van der Waals surface area contributed by atoms with E-state index in [-0.39, 0.29) is 30.6 Å². The predicted octanol–water partition coefficient (Wildman–Crippen LogP) is 9.36. The van der Waals surface area contributed by atoms with Crippen molar-refractivity contribution in [3.05, 3.63) is 119 Å². The van der Waals surface area contributed by atoms with E-state index in [9.17, 15) is 5.11 Å². The van der Waals surface area contributed by atoms with Crippen molar-refractivity contribution in [2.24, 2.45) is 0 Å². The van der Waals surface area contributed by atoms with Crippen molar-refractivity contribution < 1.29 is 19.3 Å². The van der Waals surface area contributed by atoms with E-state index in [0.717, 1.165) is 67.9 Å². The minimum Gasteiger partial charge on any atom is -0.504 e. The molecule has 4 aromatic rings. The van der Waals surface area contributed by atoms with Crippen molar-refractivity contribution in [1.29, 1.82) is 0 Å². The minimum atomic E-state index is 0. The highest BCUT2D eigenvalue weighted by atomic mass is 35.5. The van der Waals surface area contributed by atoms with Crippen molar-refractivity contribution in [2.45, 2.75) is 84.0 Å². The number of methoxy groups -OCH3 is 1. The number of phenols is 1. The molecule has 5 rings (SSSR count). The fourth-order valence-corrected chi connectivity index (χ4v) is 6.75. The molecule has 0 fully saturated rings. The summed E-state index contributed by atoms with van der Waals surface area (Å²) in [5.74, 6) is 2.49. The third kappa shape index (κ3) is 12.4. The molecule has 0 spiro atoms. The maximum absolute atomic E-state index is 9.79. The number of nitrogens with zero attached hydrogens (tertiary/aromatic N) is 1. The average molecular weight is 724 g/mol. The zero-order valence-electron chi connectivity index (χ0n) is 29.8.